The van der Waals surface area contributed by atoms with Crippen LogP contribution < -0.4 is 4.90 Å². The lowest BCUT2D eigenvalue weighted by atomic mass is 9.70. The third-order valence-electron chi connectivity index (χ3n) is 16.4. The lowest BCUT2D eigenvalue weighted by molar-refractivity contribution is 0.660. The van der Waals surface area contributed by atoms with Crippen molar-refractivity contribution in [2.45, 2.75) is 24.7 Å². The topological polar surface area (TPSA) is 8.17 Å². The molecular formula is C70H48N2. The zero-order valence-electron chi connectivity index (χ0n) is 40.1. The maximum absolute atomic E-state index is 2.52. The summed E-state index contributed by atoms with van der Waals surface area (Å²) < 4.78 is 2.52. The van der Waals surface area contributed by atoms with Crippen molar-refractivity contribution < 1.29 is 0 Å². The third kappa shape index (κ3) is 5.61. The molecule has 72 heavy (non-hydrogen) atoms. The zero-order valence-corrected chi connectivity index (χ0v) is 40.1. The number of para-hydroxylation sites is 1. The molecule has 0 fully saturated rings. The van der Waals surface area contributed by atoms with Crippen LogP contribution in [-0.2, 0) is 10.8 Å². The Morgan fingerprint density at radius 2 is 0.792 bits per heavy atom. The highest BCUT2D eigenvalue weighted by atomic mass is 15.1. The molecule has 0 radical (unpaired) electrons. The smallest absolute Gasteiger partial charge is 0.0726 e. The molecular weight excluding hydrogens is 869 g/mol. The van der Waals surface area contributed by atoms with Crippen LogP contribution >= 0.6 is 0 Å². The van der Waals surface area contributed by atoms with Crippen LogP contribution in [0.1, 0.15) is 47.2 Å². The standard InChI is InChI=1S/C70H48N2/c1-69(2)60-25-13-9-21-53(60)56-39-38-52(44-65(56)69)71(50-34-29-46(30-35-50)45-17-5-3-6-18-45)51-36-31-47(32-37-51)48-33-42-66-59(43-48)57-40-41-64-67(68(57)72(66)49-19-7-4-8-20-49)58-24-12-16-28-63(58)70(64)61-26-14-10-22-54(61)55-23-11-15-27-62(55)70/h3-44H,1-2H3. The summed E-state index contributed by atoms with van der Waals surface area (Å²) in [5.41, 5.74) is 27.3. The van der Waals surface area contributed by atoms with Crippen molar-refractivity contribution in [2.24, 2.45) is 0 Å². The summed E-state index contributed by atoms with van der Waals surface area (Å²) in [6.45, 7) is 4.72. The monoisotopic (exact) mass is 916 g/mol. The second-order valence-electron chi connectivity index (χ2n) is 20.4. The van der Waals surface area contributed by atoms with Gasteiger partial charge in [-0.3, -0.25) is 0 Å². The molecule has 3 aliphatic carbocycles. The summed E-state index contributed by atoms with van der Waals surface area (Å²) in [6, 6.07) is 95.1. The number of anilines is 3. The Kier molecular flexibility index (Phi) is 8.66. The highest BCUT2D eigenvalue weighted by Gasteiger charge is 2.52. The molecule has 0 saturated heterocycles. The first kappa shape index (κ1) is 40.9. The number of hydrogen-bond donors (Lipinski definition) is 0. The van der Waals surface area contributed by atoms with E-state index in [2.05, 4.69) is 278 Å². The van der Waals surface area contributed by atoms with E-state index in [-0.39, 0.29) is 5.41 Å². The van der Waals surface area contributed by atoms with E-state index in [9.17, 15) is 0 Å². The van der Waals surface area contributed by atoms with Gasteiger partial charge in [0.1, 0.15) is 0 Å². The molecule has 2 heteroatoms. The largest absolute Gasteiger partial charge is 0.310 e. The first-order valence-corrected chi connectivity index (χ1v) is 25.3. The van der Waals surface area contributed by atoms with Gasteiger partial charge in [-0.2, -0.15) is 0 Å². The fourth-order valence-electron chi connectivity index (χ4n) is 13.2. The van der Waals surface area contributed by atoms with Crippen molar-refractivity contribution in [3.63, 3.8) is 0 Å². The van der Waals surface area contributed by atoms with Gasteiger partial charge in [-0.15, -0.1) is 0 Å². The summed E-state index contributed by atoms with van der Waals surface area (Å²) >= 11 is 0. The molecule has 1 heterocycles. The van der Waals surface area contributed by atoms with Gasteiger partial charge in [0.2, 0.25) is 0 Å². The average Bonchev–Trinajstić information content (AvgIpc) is 4.12. The van der Waals surface area contributed by atoms with E-state index in [0.717, 1.165) is 22.7 Å². The van der Waals surface area contributed by atoms with Gasteiger partial charge in [-0.1, -0.05) is 208 Å². The van der Waals surface area contributed by atoms with Gasteiger partial charge in [-0.25, -0.2) is 0 Å². The minimum Gasteiger partial charge on any atom is -0.310 e. The molecule has 1 spiro atoms. The Bertz CT molecular complexity index is 4110. The van der Waals surface area contributed by atoms with Crippen molar-refractivity contribution >= 4 is 38.9 Å². The highest BCUT2D eigenvalue weighted by Crippen LogP contribution is 2.64. The maximum Gasteiger partial charge on any atom is 0.0726 e. The van der Waals surface area contributed by atoms with E-state index in [1.165, 1.54) is 111 Å². The van der Waals surface area contributed by atoms with Crippen molar-refractivity contribution in [2.75, 3.05) is 4.90 Å². The van der Waals surface area contributed by atoms with Crippen molar-refractivity contribution in [3.8, 4) is 61.3 Å². The van der Waals surface area contributed by atoms with E-state index < -0.39 is 5.41 Å². The Morgan fingerprint density at radius 3 is 1.43 bits per heavy atom. The Balaban J connectivity index is 0.888. The van der Waals surface area contributed by atoms with Crippen LogP contribution in [0, 0.1) is 0 Å². The summed E-state index contributed by atoms with van der Waals surface area (Å²) in [5.74, 6) is 0. The maximum atomic E-state index is 2.52. The first-order valence-electron chi connectivity index (χ1n) is 25.3. The minimum absolute atomic E-state index is 0.116. The fraction of sp³-hybridized carbons (Fsp3) is 0.0571. The lowest BCUT2D eigenvalue weighted by Crippen LogP contribution is -2.25. The predicted molar refractivity (Wildman–Crippen MR) is 300 cm³/mol. The van der Waals surface area contributed by atoms with Crippen LogP contribution in [0.25, 0.3) is 83.1 Å². The van der Waals surface area contributed by atoms with Gasteiger partial charge in [0.15, 0.2) is 0 Å². The van der Waals surface area contributed by atoms with Crippen LogP contribution in [0.15, 0.2) is 255 Å². The molecule has 0 saturated carbocycles. The molecule has 0 N–H and O–H groups in total. The van der Waals surface area contributed by atoms with Gasteiger partial charge in [0, 0.05) is 44.5 Å². The molecule has 0 atom stereocenters. The van der Waals surface area contributed by atoms with Gasteiger partial charge < -0.3 is 9.47 Å². The summed E-state index contributed by atoms with van der Waals surface area (Å²) in [4.78, 5) is 2.42. The second-order valence-corrected chi connectivity index (χ2v) is 20.4. The van der Waals surface area contributed by atoms with Crippen LogP contribution in [0.4, 0.5) is 17.1 Å². The van der Waals surface area contributed by atoms with Crippen LogP contribution in [-0.4, -0.2) is 4.57 Å². The van der Waals surface area contributed by atoms with E-state index >= 15 is 0 Å². The summed E-state index contributed by atoms with van der Waals surface area (Å²) in [5, 5.41) is 2.50. The van der Waals surface area contributed by atoms with Crippen LogP contribution in [0.3, 0.4) is 0 Å². The summed E-state index contributed by atoms with van der Waals surface area (Å²) in [6.07, 6.45) is 0. The fourth-order valence-corrected chi connectivity index (χ4v) is 13.2. The van der Waals surface area contributed by atoms with Gasteiger partial charge in [0.25, 0.3) is 0 Å². The van der Waals surface area contributed by atoms with E-state index in [4.69, 9.17) is 0 Å². The number of hydrogen-bond acceptors (Lipinski definition) is 1. The van der Waals surface area contributed by atoms with Crippen LogP contribution in [0.2, 0.25) is 0 Å². The number of rotatable bonds is 6. The third-order valence-corrected chi connectivity index (χ3v) is 16.4. The quantitative estimate of drug-likeness (QED) is 0.161. The van der Waals surface area contributed by atoms with Crippen molar-refractivity contribution in [1.82, 2.24) is 4.57 Å². The zero-order chi connectivity index (χ0) is 47.7. The Morgan fingerprint density at radius 1 is 0.319 bits per heavy atom. The molecule has 0 amide bonds. The van der Waals surface area contributed by atoms with Gasteiger partial charge in [0.05, 0.1) is 16.4 Å². The molecule has 3 aliphatic rings. The Labute approximate surface area is 420 Å². The molecule has 12 aromatic rings. The highest BCUT2D eigenvalue weighted by molar-refractivity contribution is 6.17. The molecule has 0 aliphatic heterocycles. The number of fused-ring (bicyclic) bond motifs is 17. The first-order chi connectivity index (χ1) is 35.5. The average molecular weight is 917 g/mol. The van der Waals surface area contributed by atoms with E-state index in [1.807, 2.05) is 0 Å². The Hall–Kier alpha value is -8.98. The minimum atomic E-state index is -0.420. The van der Waals surface area contributed by atoms with Crippen molar-refractivity contribution in [3.05, 3.63) is 288 Å². The second kappa shape index (κ2) is 15.3. The van der Waals surface area contributed by atoms with Gasteiger partial charge in [-0.05, 0) is 144 Å². The van der Waals surface area contributed by atoms with E-state index in [0.29, 0.717) is 0 Å². The SMILES string of the molecule is CC1(C)c2ccccc2-c2ccc(N(c3ccc(-c4ccccc4)cc3)c3ccc(-c4ccc5c(c4)c4ccc6c(c4n5-c4ccccc4)-c4ccccc4C64c5ccccc5-c5ccccc54)cc3)cc21. The molecule has 15 rings (SSSR count). The molecule has 0 unspecified atom stereocenters. The van der Waals surface area contributed by atoms with Crippen LogP contribution in [0.5, 0.6) is 0 Å². The van der Waals surface area contributed by atoms with Gasteiger partial charge >= 0.3 is 0 Å². The van der Waals surface area contributed by atoms with E-state index in [1.54, 1.807) is 0 Å². The molecule has 1 aromatic heterocycles. The molecule has 338 valence electrons. The lowest BCUT2D eigenvalue weighted by Gasteiger charge is -2.30. The number of aromatic nitrogens is 1. The molecule has 2 nitrogen and oxygen atoms in total. The predicted octanol–water partition coefficient (Wildman–Crippen LogP) is 18.2. The molecule has 11 aromatic carbocycles. The molecule has 0 bridgehead atoms. The van der Waals surface area contributed by atoms with Crippen molar-refractivity contribution in [1.29, 1.82) is 0 Å². The normalized spacial score (nSPS) is 13.9. The summed E-state index contributed by atoms with van der Waals surface area (Å²) in [7, 11) is 0. The number of benzene rings is 11. The number of nitrogens with zero attached hydrogens (tertiary/aromatic N) is 2.